The van der Waals surface area contributed by atoms with Crippen LogP contribution in [0.1, 0.15) is 59.4 Å². The smallest absolute Gasteiger partial charge is 0.329 e. The van der Waals surface area contributed by atoms with Gasteiger partial charge in [0, 0.05) is 10.2 Å². The minimum Gasteiger partial charge on any atom is -0.454 e. The average Bonchev–Trinajstić information content (AvgIpc) is 3.04. The van der Waals surface area contributed by atoms with Crippen molar-refractivity contribution in [2.24, 2.45) is 0 Å². The van der Waals surface area contributed by atoms with Gasteiger partial charge in [-0.3, -0.25) is 19.3 Å². The van der Waals surface area contributed by atoms with Crippen molar-refractivity contribution in [3.63, 3.8) is 0 Å². The van der Waals surface area contributed by atoms with Crippen LogP contribution in [0, 0.1) is 0 Å². The molecule has 3 rings (SSSR count). The molecule has 8 heteroatoms. The van der Waals surface area contributed by atoms with Crippen LogP contribution in [-0.4, -0.2) is 41.2 Å². The quantitative estimate of drug-likeness (QED) is 0.408. The zero-order valence-electron chi connectivity index (χ0n) is 18.0. The predicted octanol–water partition coefficient (Wildman–Crippen LogP) is 4.35. The molecule has 168 valence electrons. The minimum absolute atomic E-state index is 0.270. The standard InChI is InChI=1S/C24H25BrN2O5/c1-3-5-10-20(27-22(29)17-8-6-7-9-18(17)23(27)30)24(31)32-14-21(28)26-19-12-11-16(25)13-15(19)4-2/h6-9,11-13,20H,3-5,10,14H2,1-2H3,(H,26,28)/t20-/m1/s1. The third-order valence-electron chi connectivity index (χ3n) is 5.31. The van der Waals surface area contributed by atoms with E-state index in [9.17, 15) is 19.2 Å². The summed E-state index contributed by atoms with van der Waals surface area (Å²) in [6, 6.07) is 10.9. The fourth-order valence-corrected chi connectivity index (χ4v) is 4.05. The van der Waals surface area contributed by atoms with E-state index in [1.54, 1.807) is 30.3 Å². The number of rotatable bonds is 9. The Labute approximate surface area is 195 Å². The Morgan fingerprint density at radius 1 is 1.06 bits per heavy atom. The number of hydrogen-bond acceptors (Lipinski definition) is 5. The van der Waals surface area contributed by atoms with Gasteiger partial charge in [0.05, 0.1) is 11.1 Å². The summed E-state index contributed by atoms with van der Waals surface area (Å²) in [4.78, 5) is 51.8. The normalized spacial score (nSPS) is 13.7. The summed E-state index contributed by atoms with van der Waals surface area (Å²) in [5.74, 6) is -2.30. The molecule has 0 spiro atoms. The molecule has 2 aromatic rings. The van der Waals surface area contributed by atoms with Crippen LogP contribution in [0.5, 0.6) is 0 Å². The second kappa shape index (κ2) is 10.5. The number of nitrogens with zero attached hydrogens (tertiary/aromatic N) is 1. The van der Waals surface area contributed by atoms with Crippen LogP contribution >= 0.6 is 15.9 Å². The van der Waals surface area contributed by atoms with Gasteiger partial charge in [-0.2, -0.15) is 0 Å². The lowest BCUT2D eigenvalue weighted by molar-refractivity contribution is -0.151. The maximum absolute atomic E-state index is 12.8. The van der Waals surface area contributed by atoms with E-state index in [0.717, 1.165) is 21.4 Å². The van der Waals surface area contributed by atoms with Crippen LogP contribution in [0.25, 0.3) is 0 Å². The first kappa shape index (κ1) is 23.7. The lowest BCUT2D eigenvalue weighted by Gasteiger charge is -2.24. The molecule has 0 radical (unpaired) electrons. The maximum atomic E-state index is 12.8. The SMILES string of the molecule is CCCC[C@H](C(=O)OCC(=O)Nc1ccc(Br)cc1CC)N1C(=O)c2ccccc2C1=O. The molecule has 1 N–H and O–H groups in total. The van der Waals surface area contributed by atoms with Crippen molar-refractivity contribution in [2.45, 2.75) is 45.6 Å². The Kier molecular flexibility index (Phi) is 7.80. The predicted molar refractivity (Wildman–Crippen MR) is 123 cm³/mol. The molecule has 1 heterocycles. The van der Waals surface area contributed by atoms with Crippen LogP contribution in [0.4, 0.5) is 5.69 Å². The molecular formula is C24H25BrN2O5. The lowest BCUT2D eigenvalue weighted by Crippen LogP contribution is -2.46. The third kappa shape index (κ3) is 5.07. The first-order valence-electron chi connectivity index (χ1n) is 10.6. The second-order valence-corrected chi connectivity index (χ2v) is 8.41. The number of carbonyl (C=O) groups is 4. The van der Waals surface area contributed by atoms with Gasteiger partial charge < -0.3 is 10.1 Å². The first-order valence-corrected chi connectivity index (χ1v) is 11.4. The number of amides is 3. The zero-order valence-corrected chi connectivity index (χ0v) is 19.6. The molecule has 0 saturated carbocycles. The Morgan fingerprint density at radius 2 is 1.72 bits per heavy atom. The number of ether oxygens (including phenoxy) is 1. The Morgan fingerprint density at radius 3 is 2.31 bits per heavy atom. The number of fused-ring (bicyclic) bond motifs is 1. The first-order chi connectivity index (χ1) is 15.4. The molecule has 0 saturated heterocycles. The van der Waals surface area contributed by atoms with Gasteiger partial charge in [-0.05, 0) is 48.7 Å². The largest absolute Gasteiger partial charge is 0.454 e. The summed E-state index contributed by atoms with van der Waals surface area (Å²) in [5.41, 5.74) is 2.12. The molecular weight excluding hydrogens is 476 g/mol. The summed E-state index contributed by atoms with van der Waals surface area (Å²) in [5, 5.41) is 2.74. The van der Waals surface area contributed by atoms with Crippen LogP contribution in [0.2, 0.25) is 0 Å². The van der Waals surface area contributed by atoms with Crippen LogP contribution in [-0.2, 0) is 20.7 Å². The van der Waals surface area contributed by atoms with Crippen LogP contribution < -0.4 is 5.32 Å². The highest BCUT2D eigenvalue weighted by molar-refractivity contribution is 9.10. The molecule has 1 aliphatic rings. The van der Waals surface area contributed by atoms with Crippen LogP contribution in [0.15, 0.2) is 46.9 Å². The number of aryl methyl sites for hydroxylation is 1. The molecule has 0 fully saturated rings. The van der Waals surface area contributed by atoms with Crippen LogP contribution in [0.3, 0.4) is 0 Å². The van der Waals surface area contributed by atoms with Crippen molar-refractivity contribution in [1.82, 2.24) is 4.90 Å². The Bertz CT molecular complexity index is 1020. The number of nitrogens with one attached hydrogen (secondary N) is 1. The fraction of sp³-hybridized carbons (Fsp3) is 0.333. The van der Waals surface area contributed by atoms with Gasteiger partial charge in [-0.25, -0.2) is 4.79 Å². The van der Waals surface area contributed by atoms with Gasteiger partial charge >= 0.3 is 5.97 Å². The van der Waals surface area contributed by atoms with Gasteiger partial charge in [0.1, 0.15) is 6.04 Å². The monoisotopic (exact) mass is 500 g/mol. The maximum Gasteiger partial charge on any atom is 0.329 e. The minimum atomic E-state index is -1.07. The van der Waals surface area contributed by atoms with Crippen molar-refractivity contribution in [1.29, 1.82) is 0 Å². The van der Waals surface area contributed by atoms with Gasteiger partial charge in [0.15, 0.2) is 6.61 Å². The average molecular weight is 501 g/mol. The van der Waals surface area contributed by atoms with Crippen molar-refractivity contribution in [3.05, 3.63) is 63.6 Å². The van der Waals surface area contributed by atoms with E-state index in [2.05, 4.69) is 21.2 Å². The van der Waals surface area contributed by atoms with E-state index in [4.69, 9.17) is 4.74 Å². The number of anilines is 1. The molecule has 1 atom stereocenters. The molecule has 7 nitrogen and oxygen atoms in total. The summed E-state index contributed by atoms with van der Waals surface area (Å²) in [6.07, 6.45) is 2.39. The van der Waals surface area contributed by atoms with E-state index < -0.39 is 36.3 Å². The van der Waals surface area contributed by atoms with E-state index in [1.807, 2.05) is 26.0 Å². The fourth-order valence-electron chi connectivity index (χ4n) is 3.64. The van der Waals surface area contributed by atoms with Crippen molar-refractivity contribution in [3.8, 4) is 0 Å². The molecule has 0 aliphatic carbocycles. The van der Waals surface area contributed by atoms with Crippen molar-refractivity contribution >= 4 is 45.3 Å². The molecule has 0 unspecified atom stereocenters. The number of carbonyl (C=O) groups excluding carboxylic acids is 4. The van der Waals surface area contributed by atoms with Gasteiger partial charge in [0.25, 0.3) is 17.7 Å². The summed E-state index contributed by atoms with van der Waals surface area (Å²) >= 11 is 3.40. The molecule has 2 aromatic carbocycles. The number of imide groups is 1. The number of unbranched alkanes of at least 4 members (excludes halogenated alkanes) is 1. The summed E-state index contributed by atoms with van der Waals surface area (Å²) < 4.78 is 6.14. The number of benzene rings is 2. The van der Waals surface area contributed by atoms with Crippen molar-refractivity contribution in [2.75, 3.05) is 11.9 Å². The summed E-state index contributed by atoms with van der Waals surface area (Å²) in [7, 11) is 0. The second-order valence-electron chi connectivity index (χ2n) is 7.49. The molecule has 1 aliphatic heterocycles. The highest BCUT2D eigenvalue weighted by atomic mass is 79.9. The highest BCUT2D eigenvalue weighted by Gasteiger charge is 2.43. The third-order valence-corrected chi connectivity index (χ3v) is 5.80. The van der Waals surface area contributed by atoms with E-state index in [-0.39, 0.29) is 17.5 Å². The van der Waals surface area contributed by atoms with E-state index >= 15 is 0 Å². The molecule has 32 heavy (non-hydrogen) atoms. The van der Waals surface area contributed by atoms with Gasteiger partial charge in [-0.15, -0.1) is 0 Å². The summed E-state index contributed by atoms with van der Waals surface area (Å²) in [6.45, 7) is 3.41. The van der Waals surface area contributed by atoms with Crippen molar-refractivity contribution < 1.29 is 23.9 Å². The number of esters is 1. The molecule has 3 amide bonds. The highest BCUT2D eigenvalue weighted by Crippen LogP contribution is 2.27. The van der Waals surface area contributed by atoms with Gasteiger partial charge in [-0.1, -0.05) is 54.8 Å². The lowest BCUT2D eigenvalue weighted by atomic mass is 10.1. The number of hydrogen-bond donors (Lipinski definition) is 1. The van der Waals surface area contributed by atoms with E-state index in [1.165, 1.54) is 0 Å². The van der Waals surface area contributed by atoms with Gasteiger partial charge in [0.2, 0.25) is 0 Å². The number of halogens is 1. The zero-order chi connectivity index (χ0) is 23.3. The topological polar surface area (TPSA) is 92.8 Å². The van der Waals surface area contributed by atoms with E-state index in [0.29, 0.717) is 18.5 Å². The molecule has 0 aromatic heterocycles. The Balaban J connectivity index is 1.69. The Hall–Kier alpha value is -3.00. The molecule has 0 bridgehead atoms.